The second-order valence-electron chi connectivity index (χ2n) is 4.53. The van der Waals surface area contributed by atoms with Crippen LogP contribution in [0.1, 0.15) is 32.1 Å². The number of hydrogen-bond acceptors (Lipinski definition) is 1. The van der Waals surface area contributed by atoms with Crippen molar-refractivity contribution in [1.82, 2.24) is 0 Å². The summed E-state index contributed by atoms with van der Waals surface area (Å²) < 4.78 is 0. The Bertz CT molecular complexity index is 209. The first-order chi connectivity index (χ1) is 5.36. The summed E-state index contributed by atoms with van der Waals surface area (Å²) in [5.41, 5.74) is 0. The zero-order valence-electron chi connectivity index (χ0n) is 6.75. The van der Waals surface area contributed by atoms with Crippen molar-refractivity contribution >= 4 is 5.78 Å². The lowest BCUT2D eigenvalue weighted by atomic mass is 9.92. The van der Waals surface area contributed by atoms with Gasteiger partial charge in [0, 0.05) is 12.3 Å². The molecule has 0 bridgehead atoms. The Morgan fingerprint density at radius 1 is 1.00 bits per heavy atom. The summed E-state index contributed by atoms with van der Waals surface area (Å²) in [7, 11) is 0. The molecule has 1 nitrogen and oxygen atoms in total. The van der Waals surface area contributed by atoms with Crippen molar-refractivity contribution < 1.29 is 4.79 Å². The fraction of sp³-hybridized carbons (Fsp3) is 0.900. The third-order valence-corrected chi connectivity index (χ3v) is 4.19. The van der Waals surface area contributed by atoms with Gasteiger partial charge in [-0.1, -0.05) is 0 Å². The molecule has 0 unspecified atom stereocenters. The number of carbonyl (C=O) groups excluding carboxylic acids is 1. The van der Waals surface area contributed by atoms with Crippen LogP contribution in [-0.2, 0) is 4.79 Å². The molecule has 0 heterocycles. The molecule has 3 saturated carbocycles. The molecular formula is C10H14O. The maximum Gasteiger partial charge on any atom is 0.136 e. The molecule has 1 heteroatoms. The van der Waals surface area contributed by atoms with E-state index < -0.39 is 0 Å². The van der Waals surface area contributed by atoms with E-state index in [9.17, 15) is 4.79 Å². The minimum atomic E-state index is 0.521. The number of ketones is 1. The Hall–Kier alpha value is -0.330. The van der Waals surface area contributed by atoms with Gasteiger partial charge in [0.2, 0.25) is 0 Å². The first-order valence-corrected chi connectivity index (χ1v) is 4.89. The normalized spacial score (nSPS) is 53.6. The van der Waals surface area contributed by atoms with E-state index in [4.69, 9.17) is 0 Å². The Labute approximate surface area is 67.2 Å². The zero-order chi connectivity index (χ0) is 7.42. The van der Waals surface area contributed by atoms with E-state index in [0.29, 0.717) is 11.7 Å². The Kier molecular flexibility index (Phi) is 1.06. The molecular weight excluding hydrogens is 136 g/mol. The molecule has 3 fully saturated rings. The lowest BCUT2D eigenvalue weighted by Gasteiger charge is -2.11. The summed E-state index contributed by atoms with van der Waals surface area (Å²) in [6.07, 6.45) is 6.31. The van der Waals surface area contributed by atoms with Crippen LogP contribution < -0.4 is 0 Å². The highest BCUT2D eigenvalue weighted by Crippen LogP contribution is 2.56. The molecule has 3 aliphatic rings. The summed E-state index contributed by atoms with van der Waals surface area (Å²) in [5, 5.41) is 0. The van der Waals surface area contributed by atoms with Crippen LogP contribution in [0.3, 0.4) is 0 Å². The van der Waals surface area contributed by atoms with Gasteiger partial charge in [0.1, 0.15) is 5.78 Å². The van der Waals surface area contributed by atoms with Crippen LogP contribution in [-0.4, -0.2) is 5.78 Å². The summed E-state index contributed by atoms with van der Waals surface area (Å²) in [5.74, 6) is 3.74. The van der Waals surface area contributed by atoms with Crippen molar-refractivity contribution in [3.05, 3.63) is 0 Å². The van der Waals surface area contributed by atoms with E-state index in [0.717, 1.165) is 24.2 Å². The molecule has 3 aliphatic carbocycles. The molecule has 3 rings (SSSR count). The van der Waals surface area contributed by atoms with E-state index in [1.807, 2.05) is 0 Å². The molecule has 0 aromatic heterocycles. The molecule has 0 aromatic carbocycles. The van der Waals surface area contributed by atoms with E-state index in [-0.39, 0.29) is 0 Å². The van der Waals surface area contributed by atoms with Crippen molar-refractivity contribution in [3.63, 3.8) is 0 Å². The first-order valence-electron chi connectivity index (χ1n) is 4.89. The maximum atomic E-state index is 11.4. The molecule has 0 aliphatic heterocycles. The van der Waals surface area contributed by atoms with Crippen LogP contribution in [0.25, 0.3) is 0 Å². The van der Waals surface area contributed by atoms with Gasteiger partial charge in [-0.15, -0.1) is 0 Å². The molecule has 0 N–H and O–H groups in total. The molecule has 0 saturated heterocycles. The highest BCUT2D eigenvalue weighted by atomic mass is 16.1. The quantitative estimate of drug-likeness (QED) is 0.516. The van der Waals surface area contributed by atoms with Crippen molar-refractivity contribution in [1.29, 1.82) is 0 Å². The molecule has 4 atom stereocenters. The third-order valence-electron chi connectivity index (χ3n) is 4.19. The van der Waals surface area contributed by atoms with Crippen molar-refractivity contribution in [3.8, 4) is 0 Å². The third kappa shape index (κ3) is 0.646. The molecule has 60 valence electrons. The fourth-order valence-electron chi connectivity index (χ4n) is 3.80. The summed E-state index contributed by atoms with van der Waals surface area (Å²) >= 11 is 0. The lowest BCUT2D eigenvalue weighted by Crippen LogP contribution is -2.11. The van der Waals surface area contributed by atoms with Crippen LogP contribution in [0, 0.1) is 23.7 Å². The number of Topliss-reactive ketones (excluding diaryl/α,β-unsaturated/α-hetero) is 1. The van der Waals surface area contributed by atoms with Gasteiger partial charge in [-0.3, -0.25) is 4.79 Å². The van der Waals surface area contributed by atoms with E-state index in [1.165, 1.54) is 25.7 Å². The van der Waals surface area contributed by atoms with E-state index in [1.54, 1.807) is 0 Å². The van der Waals surface area contributed by atoms with Gasteiger partial charge >= 0.3 is 0 Å². The average Bonchev–Trinajstić information content (AvgIpc) is 2.53. The lowest BCUT2D eigenvalue weighted by molar-refractivity contribution is -0.121. The van der Waals surface area contributed by atoms with Crippen molar-refractivity contribution in [2.75, 3.05) is 0 Å². The molecule has 0 radical (unpaired) electrons. The van der Waals surface area contributed by atoms with Crippen molar-refractivity contribution in [2.45, 2.75) is 32.1 Å². The van der Waals surface area contributed by atoms with Gasteiger partial charge in [0.15, 0.2) is 0 Å². The van der Waals surface area contributed by atoms with Crippen LogP contribution >= 0.6 is 0 Å². The van der Waals surface area contributed by atoms with Crippen LogP contribution in [0.2, 0.25) is 0 Å². The maximum absolute atomic E-state index is 11.4. The number of carbonyl (C=O) groups is 1. The van der Waals surface area contributed by atoms with Gasteiger partial charge in [-0.05, 0) is 43.4 Å². The molecule has 0 spiro atoms. The van der Waals surface area contributed by atoms with Crippen LogP contribution in [0.4, 0.5) is 0 Å². The first kappa shape index (κ1) is 6.22. The number of rotatable bonds is 0. The summed E-state index contributed by atoms with van der Waals surface area (Å²) in [4.78, 5) is 11.4. The number of hydrogen-bond donors (Lipinski definition) is 0. The Morgan fingerprint density at radius 2 is 1.73 bits per heavy atom. The minimum Gasteiger partial charge on any atom is -0.299 e. The SMILES string of the molecule is O=C1C[C@@H]2CC[C@H]3CC[C@H]1[C@@H]32. The van der Waals surface area contributed by atoms with E-state index >= 15 is 0 Å². The summed E-state index contributed by atoms with van der Waals surface area (Å²) in [6, 6.07) is 0. The highest BCUT2D eigenvalue weighted by Gasteiger charge is 2.52. The standard InChI is InChI=1S/C10H14O/c11-9-5-7-2-1-6-3-4-8(9)10(6)7/h6-8,10H,1-5H2/t6-,7-,8+,10-/m0/s1. The Morgan fingerprint density at radius 3 is 2.64 bits per heavy atom. The van der Waals surface area contributed by atoms with Crippen LogP contribution in [0.15, 0.2) is 0 Å². The molecule has 11 heavy (non-hydrogen) atoms. The molecule has 0 amide bonds. The van der Waals surface area contributed by atoms with Gasteiger partial charge < -0.3 is 0 Å². The second kappa shape index (κ2) is 1.88. The molecule has 0 aromatic rings. The highest BCUT2D eigenvalue weighted by molar-refractivity contribution is 5.84. The smallest absolute Gasteiger partial charge is 0.136 e. The van der Waals surface area contributed by atoms with Gasteiger partial charge in [-0.2, -0.15) is 0 Å². The monoisotopic (exact) mass is 150 g/mol. The second-order valence-corrected chi connectivity index (χ2v) is 4.53. The van der Waals surface area contributed by atoms with Crippen molar-refractivity contribution in [2.24, 2.45) is 23.7 Å². The predicted octanol–water partition coefficient (Wildman–Crippen LogP) is 2.01. The van der Waals surface area contributed by atoms with Gasteiger partial charge in [0.25, 0.3) is 0 Å². The Balaban J connectivity index is 1.99. The minimum absolute atomic E-state index is 0.521. The predicted molar refractivity (Wildman–Crippen MR) is 42.1 cm³/mol. The summed E-state index contributed by atoms with van der Waals surface area (Å²) in [6.45, 7) is 0. The van der Waals surface area contributed by atoms with E-state index in [2.05, 4.69) is 0 Å². The largest absolute Gasteiger partial charge is 0.299 e. The van der Waals surface area contributed by atoms with Crippen LogP contribution in [0.5, 0.6) is 0 Å². The topological polar surface area (TPSA) is 17.1 Å². The fourth-order valence-corrected chi connectivity index (χ4v) is 3.80. The average molecular weight is 150 g/mol. The zero-order valence-corrected chi connectivity index (χ0v) is 6.75. The van der Waals surface area contributed by atoms with Gasteiger partial charge in [-0.25, -0.2) is 0 Å². The van der Waals surface area contributed by atoms with Gasteiger partial charge in [0.05, 0.1) is 0 Å².